The van der Waals surface area contributed by atoms with Crippen molar-refractivity contribution in [2.45, 2.75) is 240 Å². The second-order valence-electron chi connectivity index (χ2n) is 29.2. The summed E-state index contributed by atoms with van der Waals surface area (Å²) in [5, 5.41) is 55.0. The van der Waals surface area contributed by atoms with E-state index in [-0.39, 0.29) is 158 Å². The summed E-state index contributed by atoms with van der Waals surface area (Å²) in [4.78, 5) is 15.3. The molecule has 18 nitrogen and oxygen atoms in total. The molecule has 0 aliphatic carbocycles. The molecule has 0 amide bonds. The van der Waals surface area contributed by atoms with Crippen molar-refractivity contribution in [3.63, 3.8) is 0 Å². The number of carbonyl (C=O) groups is 1. The quantitative estimate of drug-likeness (QED) is 0.0332. The molecular weight excluding hydrogens is 1560 g/mol. The van der Waals surface area contributed by atoms with Crippen LogP contribution in [0.3, 0.4) is 0 Å². The topological polar surface area (TPSA) is 226 Å². The molecule has 15 rings (SSSR count). The Balaban J connectivity index is 0.000000459. The fourth-order valence-electron chi connectivity index (χ4n) is 13.9. The van der Waals surface area contributed by atoms with Crippen molar-refractivity contribution >= 4 is 5.78 Å². The van der Waals surface area contributed by atoms with Gasteiger partial charge >= 0.3 is 0 Å². The maximum absolute atomic E-state index is 13.0. The summed E-state index contributed by atoms with van der Waals surface area (Å²) in [5.74, 6) is 3.43. The average Bonchev–Trinajstić information content (AvgIpc) is 1.78. The number of ketones is 1. The second-order valence-corrected chi connectivity index (χ2v) is 29.2. The normalized spacial score (nSPS) is 20.6. The summed E-state index contributed by atoms with van der Waals surface area (Å²) in [6.07, 6.45) is 8.44. The minimum atomic E-state index is -0.525. The molecule has 8 aliphatic heterocycles. The van der Waals surface area contributed by atoms with Gasteiger partial charge in [0.15, 0.2) is 11.9 Å². The molecule has 7 aromatic rings. The number of aliphatic hydroxyl groups is 5. The molecule has 0 bridgehead atoms. The second kappa shape index (κ2) is 51.9. The summed E-state index contributed by atoms with van der Waals surface area (Å²) < 4.78 is 135. The number of carbonyl (C=O) groups excluding carboxylic acids is 1. The number of aliphatic hydroxyl groups excluding tert-OH is 5. The Hall–Kier alpha value is -7.50. The van der Waals surface area contributed by atoms with Gasteiger partial charge in [-0.25, -0.2) is 30.7 Å². The van der Waals surface area contributed by atoms with E-state index in [2.05, 4.69) is 10.6 Å². The number of rotatable bonds is 17. The maximum Gasteiger partial charge on any atom is 0.173 e. The largest absolute Gasteiger partial charge is 0.487 e. The van der Waals surface area contributed by atoms with Crippen LogP contribution in [-0.4, -0.2) is 196 Å². The summed E-state index contributed by atoms with van der Waals surface area (Å²) in [6, 6.07) is 31.7. The van der Waals surface area contributed by atoms with Crippen molar-refractivity contribution in [1.82, 2.24) is 20.4 Å². The Labute approximate surface area is 703 Å². The van der Waals surface area contributed by atoms with Gasteiger partial charge in [0.1, 0.15) is 148 Å². The van der Waals surface area contributed by atoms with Crippen molar-refractivity contribution in [3.05, 3.63) is 207 Å². The Morgan fingerprint density at radius 2 is 0.607 bits per heavy atom. The molecule has 653 valence electrons. The first kappa shape index (κ1) is 106. The SMILES string of the molecule is C.C.C.C.C.C.CCC(=O)C1CCc2cc(F)ccc2O1.CCC(O)[C@H]1CCc2cc(F)ccc2O1.CN(C)C[C@@H](O)[C@H]1CCc2cc(F)ccc2O1.CN(C)C[C@H](O)[C@H]1CCc2cc(F)ccc2O1.CNC[C@@H](O)[C@H]1CCc2cc(F)ccc2O1.CNC[C@H](O)[C@H]1CCc2cc(F)ccc2O1.Fc1ccc2c(c1)CC[C@H](C1CO1)O2.[V]. The summed E-state index contributed by atoms with van der Waals surface area (Å²) in [5.41, 5.74) is 6.27. The van der Waals surface area contributed by atoms with Crippen LogP contribution in [0, 0.1) is 40.7 Å². The number of benzene rings is 7. The van der Waals surface area contributed by atoms with Gasteiger partial charge in [0, 0.05) is 51.2 Å². The summed E-state index contributed by atoms with van der Waals surface area (Å²) >= 11 is 0. The van der Waals surface area contributed by atoms with E-state index in [4.69, 9.17) is 37.9 Å². The number of hydrogen-bond donors (Lipinski definition) is 7. The first-order chi connectivity index (χ1) is 52.8. The summed E-state index contributed by atoms with van der Waals surface area (Å²) in [6.45, 7) is 6.70. The number of hydrogen-bond acceptors (Lipinski definition) is 18. The van der Waals surface area contributed by atoms with Crippen molar-refractivity contribution in [1.29, 1.82) is 0 Å². The number of nitrogens with one attached hydrogen (secondary N) is 2. The third kappa shape index (κ3) is 32.2. The van der Waals surface area contributed by atoms with Gasteiger partial charge in [-0.05, 0) is 305 Å². The molecule has 0 aromatic heterocycles. The van der Waals surface area contributed by atoms with Crippen LogP contribution in [0.4, 0.5) is 30.7 Å². The zero-order valence-corrected chi connectivity index (χ0v) is 65.8. The van der Waals surface area contributed by atoms with Crippen LogP contribution in [0.1, 0.15) is 155 Å². The Morgan fingerprint density at radius 3 is 0.855 bits per heavy atom. The Bertz CT molecular complexity index is 3930. The van der Waals surface area contributed by atoms with Gasteiger partial charge in [0.05, 0.1) is 12.7 Å². The van der Waals surface area contributed by atoms with Crippen molar-refractivity contribution in [3.8, 4) is 40.2 Å². The number of ether oxygens (including phenoxy) is 8. The van der Waals surface area contributed by atoms with Crippen LogP contribution < -0.4 is 43.8 Å². The molecule has 3 unspecified atom stereocenters. The van der Waals surface area contributed by atoms with Crippen LogP contribution >= 0.6 is 0 Å². The van der Waals surface area contributed by atoms with Crippen LogP contribution in [-0.2, 0) is 73.0 Å². The molecule has 8 heterocycles. The number of nitrogens with zero attached hydrogens (tertiary/aromatic N) is 2. The minimum Gasteiger partial charge on any atom is -0.487 e. The number of halogens is 7. The number of Topliss-reactive ketones (excluding diaryl/α,β-unsaturated/α-hetero) is 1. The first-order valence-electron chi connectivity index (χ1n) is 38.1. The molecule has 1 radical (unpaired) electrons. The van der Waals surface area contributed by atoms with Crippen molar-refractivity contribution in [2.75, 3.05) is 75.1 Å². The van der Waals surface area contributed by atoms with Gasteiger partial charge in [0.25, 0.3) is 0 Å². The fraction of sp³-hybridized carbons (Fsp3) is 0.527. The van der Waals surface area contributed by atoms with Crippen LogP contribution in [0.25, 0.3) is 0 Å². The van der Waals surface area contributed by atoms with E-state index in [1.807, 2.05) is 51.8 Å². The minimum absolute atomic E-state index is 0. The summed E-state index contributed by atoms with van der Waals surface area (Å²) in [7, 11) is 11.2. The van der Waals surface area contributed by atoms with Gasteiger partial charge in [-0.3, -0.25) is 4.79 Å². The number of fused-ring (bicyclic) bond motifs is 7. The predicted octanol–water partition coefficient (Wildman–Crippen LogP) is 15.6. The van der Waals surface area contributed by atoms with E-state index in [9.17, 15) is 61.1 Å². The van der Waals surface area contributed by atoms with Gasteiger partial charge in [-0.2, -0.15) is 0 Å². The number of epoxide rings is 1. The van der Waals surface area contributed by atoms with E-state index >= 15 is 0 Å². The molecule has 26 heteroatoms. The van der Waals surface area contributed by atoms with Gasteiger partial charge in [-0.15, -0.1) is 0 Å². The first-order valence-corrected chi connectivity index (χ1v) is 38.1. The van der Waals surface area contributed by atoms with Crippen LogP contribution in [0.15, 0.2) is 127 Å². The van der Waals surface area contributed by atoms with E-state index in [1.165, 1.54) is 78.9 Å². The fourth-order valence-corrected chi connectivity index (χ4v) is 13.9. The molecule has 0 spiro atoms. The van der Waals surface area contributed by atoms with Crippen LogP contribution in [0.2, 0.25) is 0 Å². The monoisotopic (exact) mass is 1690 g/mol. The molecule has 13 atom stereocenters. The van der Waals surface area contributed by atoms with E-state index < -0.39 is 30.5 Å². The van der Waals surface area contributed by atoms with Gasteiger partial charge < -0.3 is 83.9 Å². The van der Waals surface area contributed by atoms with Crippen molar-refractivity contribution < 1.29 is 118 Å². The Kier molecular flexibility index (Phi) is 46.8. The van der Waals surface area contributed by atoms with E-state index in [1.54, 1.807) is 62.6 Å². The maximum atomic E-state index is 13.0. The third-order valence-corrected chi connectivity index (χ3v) is 19.9. The molecule has 1 saturated heterocycles. The third-order valence-electron chi connectivity index (χ3n) is 19.9. The molecule has 117 heavy (non-hydrogen) atoms. The number of aryl methyl sites for hydroxylation is 7. The van der Waals surface area contributed by atoms with Gasteiger partial charge in [-0.1, -0.05) is 58.4 Å². The van der Waals surface area contributed by atoms with E-state index in [0.29, 0.717) is 86.4 Å². The number of likely N-dealkylation sites (N-methyl/N-ethyl adjacent to an activating group) is 4. The average molecular weight is 1690 g/mol. The van der Waals surface area contributed by atoms with E-state index in [0.717, 1.165) is 128 Å². The van der Waals surface area contributed by atoms with Crippen molar-refractivity contribution in [2.24, 2.45) is 0 Å². The predicted molar refractivity (Wildman–Crippen MR) is 445 cm³/mol. The standard InChI is InChI=1S/2C13H18FNO2.2C12H16FNO2.C12H15FO2.C12H13FO2.C11H11FO2.6CH4.V/c2*1-15(2)8-11(16)13-5-3-9-7-10(14)4-6-12(9)17-13;2*1-14-7-10(15)12-4-2-8-6-9(13)3-5-11(8)16-12;2*1-2-10(14)12-5-3-8-7-9(13)4-6-11(8)15-12;12-8-2-4-9-7(5-8)1-3-10(14-9)11-6-13-11;;;;;;;/h2*4,6-7,11,13,16H,3,5,8H2,1-2H3;2*3,5-6,10,12,14-15H,2,4,7H2,1H3;4,6-7,10,12,14H,2-3,5H2,1H3;4,6-7,12H,2-3,5H2,1H3;2,4-5,10-11H,1,3,6H2;6*1H4;/t11-,13+;11-,13-;10-,12+;10-,12-;10?,12-;;10-,11?;;;;;;;/m01011.1......./s1. The zero-order chi connectivity index (χ0) is 79.1. The smallest absolute Gasteiger partial charge is 0.173 e. The van der Waals surface area contributed by atoms with Crippen LogP contribution in [0.5, 0.6) is 40.2 Å². The molecule has 7 N–H and O–H groups in total. The van der Waals surface area contributed by atoms with Gasteiger partial charge in [0.2, 0.25) is 0 Å². The molecule has 8 aliphatic rings. The zero-order valence-electron chi connectivity index (χ0n) is 64.4. The molecule has 7 aromatic carbocycles. The molecule has 1 fully saturated rings. The Morgan fingerprint density at radius 1 is 0.368 bits per heavy atom. The molecule has 0 saturated carbocycles. The molecular formula is C91H131F7N4O14V.